The van der Waals surface area contributed by atoms with Crippen LogP contribution in [0.4, 0.5) is 5.69 Å². The molecule has 0 bridgehead atoms. The number of nitrogens with zero attached hydrogens (tertiary/aromatic N) is 1. The highest BCUT2D eigenvalue weighted by Gasteiger charge is 2.12. The third-order valence-corrected chi connectivity index (χ3v) is 5.10. The lowest BCUT2D eigenvalue weighted by Crippen LogP contribution is -2.21. The number of hydrogen-bond acceptors (Lipinski definition) is 7. The molecule has 2 aromatic carbocycles. The van der Waals surface area contributed by atoms with Gasteiger partial charge >= 0.3 is 5.97 Å². The van der Waals surface area contributed by atoms with Gasteiger partial charge in [0.25, 0.3) is 5.91 Å². The fourth-order valence-corrected chi connectivity index (χ4v) is 3.34. The summed E-state index contributed by atoms with van der Waals surface area (Å²) < 4.78 is 10.7. The Bertz CT molecular complexity index is 1080. The van der Waals surface area contributed by atoms with Crippen LogP contribution in [0.15, 0.2) is 53.9 Å². The first-order valence-corrected chi connectivity index (χ1v) is 10.5. The minimum Gasteiger partial charge on any atom is -0.486 e. The second-order valence-electron chi connectivity index (χ2n) is 6.86. The summed E-state index contributed by atoms with van der Waals surface area (Å²) in [4.78, 5) is 39.8. The summed E-state index contributed by atoms with van der Waals surface area (Å²) in [6.07, 6.45) is -0.0336. The molecule has 160 valence electrons. The van der Waals surface area contributed by atoms with Gasteiger partial charge in [0.2, 0.25) is 0 Å². The van der Waals surface area contributed by atoms with Crippen LogP contribution in [0, 0.1) is 6.92 Å². The number of hydrogen-bond donors (Lipinski definition) is 1. The Balaban J connectivity index is 1.42. The van der Waals surface area contributed by atoms with Crippen LogP contribution in [0.25, 0.3) is 0 Å². The van der Waals surface area contributed by atoms with Crippen LogP contribution >= 0.6 is 11.3 Å². The summed E-state index contributed by atoms with van der Waals surface area (Å²) >= 11 is 1.39. The standard InChI is InChI=1S/C23H22N2O5S/c1-15-6-8-20(9-7-15)29-13-22-25-19(14-31-22)11-23(28)30-12-21(27)24-18-5-3-4-17(10-18)16(2)26/h3-10,14H,11-13H2,1-2H3,(H,24,27). The maximum atomic E-state index is 12.0. The second kappa shape index (κ2) is 10.5. The molecule has 1 N–H and O–H groups in total. The Hall–Kier alpha value is -3.52. The molecule has 0 radical (unpaired) electrons. The quantitative estimate of drug-likeness (QED) is 0.401. The van der Waals surface area contributed by atoms with Gasteiger partial charge in [0.1, 0.15) is 17.4 Å². The molecule has 0 aliphatic rings. The lowest BCUT2D eigenvalue weighted by molar-refractivity contribution is -0.146. The number of aryl methyl sites for hydroxylation is 1. The Labute approximate surface area is 184 Å². The van der Waals surface area contributed by atoms with Crippen molar-refractivity contribution in [2.45, 2.75) is 26.9 Å². The zero-order chi connectivity index (χ0) is 22.2. The van der Waals surface area contributed by atoms with E-state index in [-0.39, 0.29) is 12.2 Å². The average molecular weight is 439 g/mol. The highest BCUT2D eigenvalue weighted by molar-refractivity contribution is 7.09. The Morgan fingerprint density at radius 2 is 1.87 bits per heavy atom. The zero-order valence-electron chi connectivity index (χ0n) is 17.2. The van der Waals surface area contributed by atoms with E-state index in [4.69, 9.17) is 9.47 Å². The van der Waals surface area contributed by atoms with Gasteiger partial charge in [-0.05, 0) is 38.1 Å². The number of carbonyl (C=O) groups is 3. The molecule has 7 nitrogen and oxygen atoms in total. The Morgan fingerprint density at radius 3 is 2.61 bits per heavy atom. The van der Waals surface area contributed by atoms with E-state index in [9.17, 15) is 14.4 Å². The number of Topliss-reactive ketones (excluding diaryl/α,β-unsaturated/α-hetero) is 1. The zero-order valence-corrected chi connectivity index (χ0v) is 18.0. The van der Waals surface area contributed by atoms with Crippen LogP contribution in [-0.4, -0.2) is 29.3 Å². The fourth-order valence-electron chi connectivity index (χ4n) is 2.63. The SMILES string of the molecule is CC(=O)c1cccc(NC(=O)COC(=O)Cc2csc(COc3ccc(C)cc3)n2)c1. The molecular formula is C23H22N2O5S. The van der Waals surface area contributed by atoms with E-state index in [1.54, 1.807) is 29.6 Å². The van der Waals surface area contributed by atoms with Gasteiger partial charge in [-0.25, -0.2) is 4.98 Å². The van der Waals surface area contributed by atoms with Gasteiger partial charge in [-0.3, -0.25) is 14.4 Å². The van der Waals surface area contributed by atoms with Gasteiger partial charge in [-0.15, -0.1) is 11.3 Å². The molecule has 0 atom stereocenters. The van der Waals surface area contributed by atoms with Crippen LogP contribution in [0.1, 0.15) is 33.5 Å². The molecule has 1 heterocycles. The molecular weight excluding hydrogens is 416 g/mol. The van der Waals surface area contributed by atoms with Gasteiger partial charge in [0, 0.05) is 16.6 Å². The largest absolute Gasteiger partial charge is 0.486 e. The normalized spacial score (nSPS) is 10.4. The average Bonchev–Trinajstić information content (AvgIpc) is 3.19. The first kappa shape index (κ1) is 22.2. The van der Waals surface area contributed by atoms with E-state index in [0.717, 1.165) is 16.3 Å². The van der Waals surface area contributed by atoms with Crippen LogP contribution < -0.4 is 10.1 Å². The van der Waals surface area contributed by atoms with Crippen LogP contribution in [0.3, 0.4) is 0 Å². The van der Waals surface area contributed by atoms with Crippen LogP contribution in [0.5, 0.6) is 5.75 Å². The van der Waals surface area contributed by atoms with Gasteiger partial charge in [-0.2, -0.15) is 0 Å². The number of rotatable bonds is 9. The van der Waals surface area contributed by atoms with E-state index >= 15 is 0 Å². The molecule has 1 amide bonds. The monoisotopic (exact) mass is 438 g/mol. The van der Waals surface area contributed by atoms with Crippen molar-refractivity contribution >= 4 is 34.7 Å². The number of nitrogens with one attached hydrogen (secondary N) is 1. The van der Waals surface area contributed by atoms with E-state index in [1.807, 2.05) is 31.2 Å². The number of ketones is 1. The van der Waals surface area contributed by atoms with Crippen molar-refractivity contribution in [2.75, 3.05) is 11.9 Å². The minimum atomic E-state index is -0.552. The summed E-state index contributed by atoms with van der Waals surface area (Å²) in [5, 5.41) is 5.11. The highest BCUT2D eigenvalue weighted by Crippen LogP contribution is 2.17. The first-order chi connectivity index (χ1) is 14.9. The number of thiazole rings is 1. The van der Waals surface area contributed by atoms with E-state index in [1.165, 1.54) is 18.3 Å². The third-order valence-electron chi connectivity index (χ3n) is 4.23. The smallest absolute Gasteiger partial charge is 0.312 e. The van der Waals surface area contributed by atoms with Crippen molar-refractivity contribution in [3.63, 3.8) is 0 Å². The molecule has 1 aromatic heterocycles. The Morgan fingerprint density at radius 1 is 1.10 bits per heavy atom. The minimum absolute atomic E-state index is 0.0336. The van der Waals surface area contributed by atoms with E-state index in [2.05, 4.69) is 10.3 Å². The van der Waals surface area contributed by atoms with Crippen molar-refractivity contribution in [1.82, 2.24) is 4.98 Å². The molecule has 0 spiro atoms. The highest BCUT2D eigenvalue weighted by atomic mass is 32.1. The molecule has 0 fully saturated rings. The van der Waals surface area contributed by atoms with Crippen molar-refractivity contribution in [3.8, 4) is 5.75 Å². The summed E-state index contributed by atoms with van der Waals surface area (Å²) in [5.41, 5.74) is 2.67. The number of carbonyl (C=O) groups excluding carboxylic acids is 3. The number of anilines is 1. The second-order valence-corrected chi connectivity index (χ2v) is 7.80. The van der Waals surface area contributed by atoms with Gasteiger partial charge in [-0.1, -0.05) is 29.8 Å². The van der Waals surface area contributed by atoms with Crippen molar-refractivity contribution < 1.29 is 23.9 Å². The number of amides is 1. The van der Waals surface area contributed by atoms with Gasteiger partial charge in [0.05, 0.1) is 12.1 Å². The lowest BCUT2D eigenvalue weighted by atomic mass is 10.1. The number of benzene rings is 2. The van der Waals surface area contributed by atoms with Crippen LogP contribution in [0.2, 0.25) is 0 Å². The van der Waals surface area contributed by atoms with Crippen molar-refractivity contribution in [1.29, 1.82) is 0 Å². The number of aromatic nitrogens is 1. The maximum absolute atomic E-state index is 12.0. The van der Waals surface area contributed by atoms with E-state index < -0.39 is 18.5 Å². The molecule has 3 aromatic rings. The Kier molecular flexibility index (Phi) is 7.50. The summed E-state index contributed by atoms with van der Waals surface area (Å²) in [7, 11) is 0. The summed E-state index contributed by atoms with van der Waals surface area (Å²) in [6.45, 7) is 3.34. The molecule has 3 rings (SSSR count). The lowest BCUT2D eigenvalue weighted by Gasteiger charge is -2.07. The summed E-state index contributed by atoms with van der Waals surface area (Å²) in [6, 6.07) is 14.3. The van der Waals surface area contributed by atoms with E-state index in [0.29, 0.717) is 23.6 Å². The molecule has 0 saturated heterocycles. The predicted molar refractivity (Wildman–Crippen MR) is 117 cm³/mol. The molecule has 0 saturated carbocycles. The molecule has 0 unspecified atom stereocenters. The fraction of sp³-hybridized carbons (Fsp3) is 0.217. The van der Waals surface area contributed by atoms with Gasteiger partial charge < -0.3 is 14.8 Å². The molecule has 8 heteroatoms. The van der Waals surface area contributed by atoms with Crippen LogP contribution in [-0.2, 0) is 27.4 Å². The molecule has 31 heavy (non-hydrogen) atoms. The summed E-state index contributed by atoms with van der Waals surface area (Å²) in [5.74, 6) is -0.389. The molecule has 0 aliphatic heterocycles. The van der Waals surface area contributed by atoms with Gasteiger partial charge in [0.15, 0.2) is 12.4 Å². The van der Waals surface area contributed by atoms with Crippen molar-refractivity contribution in [3.05, 3.63) is 75.7 Å². The number of esters is 1. The maximum Gasteiger partial charge on any atom is 0.312 e. The number of ether oxygens (including phenoxy) is 2. The first-order valence-electron chi connectivity index (χ1n) is 9.58. The molecule has 0 aliphatic carbocycles. The predicted octanol–water partition coefficient (Wildman–Crippen LogP) is 3.96. The third kappa shape index (κ3) is 7.04. The topological polar surface area (TPSA) is 94.6 Å². The van der Waals surface area contributed by atoms with Crippen molar-refractivity contribution in [2.24, 2.45) is 0 Å².